The minimum Gasteiger partial charge on any atom is -0.480 e. The molecule has 0 aromatic carbocycles. The Morgan fingerprint density at radius 1 is 1.15 bits per heavy atom. The lowest BCUT2D eigenvalue weighted by molar-refractivity contribution is -0.142. The number of carboxylic acid groups (broad SMARTS) is 1. The average molecular weight is 385 g/mol. The number of carbonyl (C=O) groups is 4. The van der Waals surface area contributed by atoms with E-state index in [4.69, 9.17) is 16.6 Å². The van der Waals surface area contributed by atoms with Crippen molar-refractivity contribution in [1.82, 2.24) is 21.3 Å². The van der Waals surface area contributed by atoms with Crippen molar-refractivity contribution in [2.24, 2.45) is 16.5 Å². The van der Waals surface area contributed by atoms with Gasteiger partial charge in [-0.05, 0) is 32.2 Å². The molecule has 0 aromatic heterocycles. The number of aliphatic imine (C=N–C) groups is 1. The van der Waals surface area contributed by atoms with E-state index in [0.717, 1.165) is 19.4 Å². The molecule has 9 N–H and O–H groups in total. The fourth-order valence-corrected chi connectivity index (χ4v) is 2.45. The van der Waals surface area contributed by atoms with Gasteiger partial charge >= 0.3 is 5.97 Å². The highest BCUT2D eigenvalue weighted by molar-refractivity contribution is 5.90. The van der Waals surface area contributed by atoms with E-state index < -0.39 is 30.4 Å². The number of rotatable bonds is 11. The summed E-state index contributed by atoms with van der Waals surface area (Å²) in [7, 11) is 0. The first kappa shape index (κ1) is 22.2. The summed E-state index contributed by atoms with van der Waals surface area (Å²) in [5.74, 6) is -2.75. The maximum Gasteiger partial charge on any atom is 0.326 e. The van der Waals surface area contributed by atoms with E-state index in [9.17, 15) is 19.2 Å². The minimum absolute atomic E-state index is 0.0931. The second kappa shape index (κ2) is 11.7. The first-order valence-corrected chi connectivity index (χ1v) is 8.65. The average Bonchev–Trinajstić information content (AvgIpc) is 3.14. The third kappa shape index (κ3) is 9.39. The maximum absolute atomic E-state index is 11.8. The molecule has 0 bridgehead atoms. The van der Waals surface area contributed by atoms with E-state index in [1.807, 2.05) is 0 Å². The van der Waals surface area contributed by atoms with Gasteiger partial charge in [0.2, 0.25) is 17.7 Å². The third-order valence-electron chi connectivity index (χ3n) is 3.82. The van der Waals surface area contributed by atoms with Gasteiger partial charge in [-0.25, -0.2) is 4.79 Å². The van der Waals surface area contributed by atoms with E-state index in [1.165, 1.54) is 0 Å². The molecule has 0 radical (unpaired) electrons. The van der Waals surface area contributed by atoms with Crippen molar-refractivity contribution in [3.63, 3.8) is 0 Å². The molecule has 0 saturated carbocycles. The van der Waals surface area contributed by atoms with Gasteiger partial charge in [-0.15, -0.1) is 0 Å². The number of amides is 3. The minimum atomic E-state index is -1.20. The zero-order valence-corrected chi connectivity index (χ0v) is 15.0. The molecule has 0 aromatic rings. The van der Waals surface area contributed by atoms with Crippen LogP contribution in [0.25, 0.3) is 0 Å². The first-order valence-electron chi connectivity index (χ1n) is 8.65. The SMILES string of the molecule is NC(N)=NCCCC(NC(=O)CNC(=O)CNC(=O)C1CCCN1)C(=O)O. The van der Waals surface area contributed by atoms with Gasteiger partial charge < -0.3 is 37.8 Å². The summed E-state index contributed by atoms with van der Waals surface area (Å²) in [6, 6.07) is -1.41. The lowest BCUT2D eigenvalue weighted by Crippen LogP contribution is -2.48. The molecule has 1 heterocycles. The lowest BCUT2D eigenvalue weighted by Gasteiger charge is -2.15. The Morgan fingerprint density at radius 2 is 1.85 bits per heavy atom. The Labute approximate surface area is 156 Å². The van der Waals surface area contributed by atoms with Gasteiger partial charge in [-0.3, -0.25) is 19.4 Å². The number of nitrogens with two attached hydrogens (primary N) is 2. The van der Waals surface area contributed by atoms with Crippen LogP contribution in [0, 0.1) is 0 Å². The maximum atomic E-state index is 11.8. The monoisotopic (exact) mass is 385 g/mol. The van der Waals surface area contributed by atoms with Crippen molar-refractivity contribution >= 4 is 29.7 Å². The van der Waals surface area contributed by atoms with E-state index in [0.29, 0.717) is 6.42 Å². The molecule has 0 aliphatic carbocycles. The second-order valence-corrected chi connectivity index (χ2v) is 6.05. The van der Waals surface area contributed by atoms with Crippen molar-refractivity contribution in [2.45, 2.75) is 37.8 Å². The highest BCUT2D eigenvalue weighted by Gasteiger charge is 2.22. The van der Waals surface area contributed by atoms with E-state index in [1.54, 1.807) is 0 Å². The van der Waals surface area contributed by atoms with Crippen molar-refractivity contribution in [3.05, 3.63) is 0 Å². The molecule has 12 heteroatoms. The van der Waals surface area contributed by atoms with Crippen molar-refractivity contribution in [3.8, 4) is 0 Å². The van der Waals surface area contributed by atoms with E-state index in [-0.39, 0.29) is 37.4 Å². The van der Waals surface area contributed by atoms with Crippen LogP contribution >= 0.6 is 0 Å². The molecule has 1 aliphatic rings. The Hall–Kier alpha value is -2.89. The summed E-state index contributed by atoms with van der Waals surface area (Å²) < 4.78 is 0. The number of hydrogen-bond donors (Lipinski definition) is 7. The summed E-state index contributed by atoms with van der Waals surface area (Å²) in [6.07, 6.45) is 2.12. The van der Waals surface area contributed by atoms with Gasteiger partial charge in [-0.1, -0.05) is 0 Å². The van der Waals surface area contributed by atoms with Crippen LogP contribution in [0.15, 0.2) is 4.99 Å². The second-order valence-electron chi connectivity index (χ2n) is 6.05. The number of carboxylic acids is 1. The lowest BCUT2D eigenvalue weighted by atomic mass is 10.1. The van der Waals surface area contributed by atoms with Crippen molar-refractivity contribution < 1.29 is 24.3 Å². The van der Waals surface area contributed by atoms with E-state index >= 15 is 0 Å². The van der Waals surface area contributed by atoms with Gasteiger partial charge in [-0.2, -0.15) is 0 Å². The fourth-order valence-electron chi connectivity index (χ4n) is 2.45. The molecule has 2 atom stereocenters. The predicted octanol–water partition coefficient (Wildman–Crippen LogP) is -3.41. The molecule has 3 amide bonds. The fraction of sp³-hybridized carbons (Fsp3) is 0.667. The molecular weight excluding hydrogens is 358 g/mol. The molecular formula is C15H27N7O5. The quantitative estimate of drug-likeness (QED) is 0.108. The number of aliphatic carboxylic acids is 1. The molecule has 0 spiro atoms. The Balaban J connectivity index is 2.25. The normalized spacial score (nSPS) is 16.8. The number of carbonyl (C=O) groups excluding carboxylic acids is 3. The summed E-state index contributed by atoms with van der Waals surface area (Å²) in [4.78, 5) is 50.1. The predicted molar refractivity (Wildman–Crippen MR) is 96.5 cm³/mol. The van der Waals surface area contributed by atoms with Crippen molar-refractivity contribution in [1.29, 1.82) is 0 Å². The van der Waals surface area contributed by atoms with Crippen LogP contribution in [-0.4, -0.2) is 73.0 Å². The Kier molecular flexibility index (Phi) is 9.58. The van der Waals surface area contributed by atoms with Crippen LogP contribution < -0.4 is 32.7 Å². The molecule has 1 fully saturated rings. The van der Waals surface area contributed by atoms with E-state index in [2.05, 4.69) is 26.3 Å². The Bertz CT molecular complexity index is 571. The highest BCUT2D eigenvalue weighted by atomic mass is 16.4. The highest BCUT2D eigenvalue weighted by Crippen LogP contribution is 2.04. The Morgan fingerprint density at radius 3 is 2.44 bits per heavy atom. The molecule has 1 saturated heterocycles. The van der Waals surface area contributed by atoms with Crippen LogP contribution in [0.2, 0.25) is 0 Å². The van der Waals surface area contributed by atoms with Gasteiger partial charge in [0.05, 0.1) is 19.1 Å². The molecule has 152 valence electrons. The third-order valence-corrected chi connectivity index (χ3v) is 3.82. The zero-order chi connectivity index (χ0) is 20.2. The number of hydrogen-bond acceptors (Lipinski definition) is 6. The largest absolute Gasteiger partial charge is 0.480 e. The summed E-state index contributed by atoms with van der Waals surface area (Å²) in [6.45, 7) is 0.356. The molecule has 12 nitrogen and oxygen atoms in total. The summed E-state index contributed by atoms with van der Waals surface area (Å²) >= 11 is 0. The number of nitrogens with one attached hydrogen (secondary N) is 4. The van der Waals surface area contributed by atoms with Crippen LogP contribution in [0.3, 0.4) is 0 Å². The molecule has 2 unspecified atom stereocenters. The summed E-state index contributed by atoms with van der Waals surface area (Å²) in [5.41, 5.74) is 10.3. The zero-order valence-electron chi connectivity index (χ0n) is 15.0. The topological polar surface area (TPSA) is 201 Å². The van der Waals surface area contributed by atoms with Crippen LogP contribution in [0.1, 0.15) is 25.7 Å². The first-order chi connectivity index (χ1) is 12.8. The summed E-state index contributed by atoms with van der Waals surface area (Å²) in [5, 5.41) is 19.2. The standard InChI is InChI=1S/C15H27N7O5/c16-15(17)19-6-2-4-10(14(26)27)22-12(24)8-20-11(23)7-21-13(25)9-3-1-5-18-9/h9-10,18H,1-8H2,(H,20,23)(H,21,25)(H,22,24)(H,26,27)(H4,16,17,19). The van der Waals surface area contributed by atoms with Gasteiger partial charge in [0.1, 0.15) is 6.04 Å². The van der Waals surface area contributed by atoms with Crippen molar-refractivity contribution in [2.75, 3.05) is 26.2 Å². The van der Waals surface area contributed by atoms with Gasteiger partial charge in [0, 0.05) is 6.54 Å². The van der Waals surface area contributed by atoms with Crippen LogP contribution in [0.5, 0.6) is 0 Å². The van der Waals surface area contributed by atoms with Crippen LogP contribution in [0.4, 0.5) is 0 Å². The smallest absolute Gasteiger partial charge is 0.326 e. The van der Waals surface area contributed by atoms with Crippen LogP contribution in [-0.2, 0) is 19.2 Å². The number of guanidine groups is 1. The molecule has 1 aliphatic heterocycles. The van der Waals surface area contributed by atoms with Gasteiger partial charge in [0.15, 0.2) is 5.96 Å². The number of nitrogens with zero attached hydrogens (tertiary/aromatic N) is 1. The molecule has 27 heavy (non-hydrogen) atoms. The molecule has 1 rings (SSSR count). The van der Waals surface area contributed by atoms with Gasteiger partial charge in [0.25, 0.3) is 0 Å².